The summed E-state index contributed by atoms with van der Waals surface area (Å²) in [5.41, 5.74) is 0.585. The normalized spacial score (nSPS) is 13.3. The van der Waals surface area contributed by atoms with Crippen LogP contribution in [-0.2, 0) is 9.84 Å². The largest absolute Gasteiger partial charge is 0.335 e. The van der Waals surface area contributed by atoms with Gasteiger partial charge < -0.3 is 4.90 Å². The summed E-state index contributed by atoms with van der Waals surface area (Å²) in [6.07, 6.45) is 1.18. The van der Waals surface area contributed by atoms with Gasteiger partial charge in [0.25, 0.3) is 5.91 Å². The number of carbonyl (C=O) groups is 1. The van der Waals surface area contributed by atoms with Crippen molar-refractivity contribution < 1.29 is 13.2 Å². The molecule has 0 aliphatic carbocycles. The molecule has 0 aliphatic heterocycles. The molecule has 1 aromatic heterocycles. The van der Waals surface area contributed by atoms with Gasteiger partial charge in [-0.2, -0.15) is 11.3 Å². The molecule has 0 spiro atoms. The molecule has 0 bridgehead atoms. The maximum Gasteiger partial charge on any atom is 0.256 e. The number of carbonyl (C=O) groups excluding carboxylic acids is 1. The maximum absolute atomic E-state index is 12.3. The number of sulfone groups is 1. The van der Waals surface area contributed by atoms with Crippen molar-refractivity contribution >= 4 is 43.0 Å². The van der Waals surface area contributed by atoms with Gasteiger partial charge in [-0.15, -0.1) is 0 Å². The van der Waals surface area contributed by atoms with Crippen LogP contribution in [0.4, 0.5) is 0 Å². The Labute approximate surface area is 120 Å². The van der Waals surface area contributed by atoms with Crippen molar-refractivity contribution in [2.24, 2.45) is 0 Å². The van der Waals surface area contributed by atoms with Crippen LogP contribution < -0.4 is 0 Å². The molecular weight excluding hydrogens is 338 g/mol. The molecule has 7 heteroatoms. The number of halogens is 1. The molecule has 1 amide bonds. The predicted octanol–water partition coefficient (Wildman–Crippen LogP) is 2.41. The molecule has 0 radical (unpaired) electrons. The lowest BCUT2D eigenvalue weighted by atomic mass is 10.2. The third kappa shape index (κ3) is 4.07. The minimum Gasteiger partial charge on any atom is -0.335 e. The molecule has 0 saturated carbocycles. The van der Waals surface area contributed by atoms with E-state index in [1.165, 1.54) is 17.6 Å². The second-order valence-corrected chi connectivity index (χ2v) is 7.95. The average Bonchev–Trinajstić information content (AvgIpc) is 2.62. The Balaban J connectivity index is 2.90. The van der Waals surface area contributed by atoms with E-state index in [0.29, 0.717) is 12.1 Å². The summed E-state index contributed by atoms with van der Waals surface area (Å²) >= 11 is 4.75. The number of amides is 1. The molecule has 18 heavy (non-hydrogen) atoms. The predicted molar refractivity (Wildman–Crippen MR) is 77.9 cm³/mol. The Hall–Kier alpha value is -0.400. The van der Waals surface area contributed by atoms with E-state index in [1.54, 1.807) is 17.2 Å². The van der Waals surface area contributed by atoms with Gasteiger partial charge in [-0.05, 0) is 29.8 Å². The van der Waals surface area contributed by atoms with Crippen LogP contribution in [0.2, 0.25) is 0 Å². The summed E-state index contributed by atoms with van der Waals surface area (Å²) in [4.78, 5) is 13.9. The third-order valence-corrected chi connectivity index (χ3v) is 5.31. The van der Waals surface area contributed by atoms with E-state index in [9.17, 15) is 13.2 Å². The van der Waals surface area contributed by atoms with Crippen LogP contribution in [0.15, 0.2) is 15.2 Å². The first-order chi connectivity index (χ1) is 8.26. The van der Waals surface area contributed by atoms with E-state index in [1.807, 2.05) is 12.3 Å². The molecular formula is C11H16BrNO3S2. The van der Waals surface area contributed by atoms with Crippen molar-refractivity contribution in [3.8, 4) is 0 Å². The van der Waals surface area contributed by atoms with Gasteiger partial charge >= 0.3 is 0 Å². The van der Waals surface area contributed by atoms with Crippen molar-refractivity contribution in [2.75, 3.05) is 18.6 Å². The molecule has 1 atom stereocenters. The second-order valence-electron chi connectivity index (χ2n) is 4.17. The first-order valence-electron chi connectivity index (χ1n) is 5.46. The van der Waals surface area contributed by atoms with E-state index in [4.69, 9.17) is 0 Å². The van der Waals surface area contributed by atoms with Gasteiger partial charge in [-0.1, -0.05) is 0 Å². The first-order valence-corrected chi connectivity index (χ1v) is 9.26. The summed E-state index contributed by atoms with van der Waals surface area (Å²) in [7, 11) is -3.09. The fourth-order valence-corrected chi connectivity index (χ4v) is 4.27. The van der Waals surface area contributed by atoms with Gasteiger partial charge in [0.2, 0.25) is 0 Å². The molecule has 1 unspecified atom stereocenters. The van der Waals surface area contributed by atoms with Gasteiger partial charge in [-0.25, -0.2) is 8.42 Å². The van der Waals surface area contributed by atoms with Crippen molar-refractivity contribution in [1.29, 1.82) is 0 Å². The first kappa shape index (κ1) is 15.7. The molecule has 0 aliphatic rings. The van der Waals surface area contributed by atoms with Crippen LogP contribution in [0.25, 0.3) is 0 Å². The van der Waals surface area contributed by atoms with Crippen LogP contribution in [-0.4, -0.2) is 43.8 Å². The smallest absolute Gasteiger partial charge is 0.256 e. The van der Waals surface area contributed by atoms with E-state index in [2.05, 4.69) is 15.9 Å². The maximum atomic E-state index is 12.3. The van der Waals surface area contributed by atoms with Crippen LogP contribution in [0, 0.1) is 0 Å². The zero-order chi connectivity index (χ0) is 13.9. The average molecular weight is 354 g/mol. The van der Waals surface area contributed by atoms with Gasteiger partial charge in [-0.3, -0.25) is 4.79 Å². The zero-order valence-electron chi connectivity index (χ0n) is 10.5. The lowest BCUT2D eigenvalue weighted by Gasteiger charge is -2.27. The minimum absolute atomic E-state index is 0.0195. The van der Waals surface area contributed by atoms with Gasteiger partial charge in [0, 0.05) is 34.1 Å². The highest BCUT2D eigenvalue weighted by Gasteiger charge is 2.24. The fraction of sp³-hybridized carbons (Fsp3) is 0.545. The zero-order valence-corrected chi connectivity index (χ0v) is 13.7. The number of hydrogen-bond donors (Lipinski definition) is 0. The summed E-state index contributed by atoms with van der Waals surface area (Å²) in [6, 6.07) is -0.329. The van der Waals surface area contributed by atoms with Crippen molar-refractivity contribution in [3.63, 3.8) is 0 Å². The molecule has 4 nitrogen and oxygen atoms in total. The van der Waals surface area contributed by atoms with Crippen LogP contribution >= 0.6 is 27.3 Å². The van der Waals surface area contributed by atoms with Crippen LogP contribution in [0.1, 0.15) is 24.2 Å². The highest BCUT2D eigenvalue weighted by atomic mass is 79.9. The summed E-state index contributed by atoms with van der Waals surface area (Å²) in [5.74, 6) is -0.157. The standard InChI is InChI=1S/C11H16BrNO3S2/c1-4-13(8(2)7-18(3,15)16)11(14)9-5-17-6-10(9)12/h5-6,8H,4,7H2,1-3H3. The lowest BCUT2D eigenvalue weighted by molar-refractivity contribution is 0.0719. The topological polar surface area (TPSA) is 54.5 Å². The highest BCUT2D eigenvalue weighted by Crippen LogP contribution is 2.23. The molecule has 1 heterocycles. The van der Waals surface area contributed by atoms with E-state index in [0.717, 1.165) is 4.47 Å². The molecule has 0 aromatic carbocycles. The van der Waals surface area contributed by atoms with Crippen LogP contribution in [0.3, 0.4) is 0 Å². The van der Waals surface area contributed by atoms with Crippen molar-refractivity contribution in [1.82, 2.24) is 4.90 Å². The summed E-state index contributed by atoms with van der Waals surface area (Å²) < 4.78 is 23.3. The Bertz CT molecular complexity index is 524. The highest BCUT2D eigenvalue weighted by molar-refractivity contribution is 9.10. The van der Waals surface area contributed by atoms with Crippen molar-refractivity contribution in [3.05, 3.63) is 20.8 Å². The monoisotopic (exact) mass is 353 g/mol. The molecule has 102 valence electrons. The van der Waals surface area contributed by atoms with Crippen molar-refractivity contribution in [2.45, 2.75) is 19.9 Å². The van der Waals surface area contributed by atoms with Gasteiger partial charge in [0.05, 0.1) is 11.3 Å². The Morgan fingerprint density at radius 1 is 1.50 bits per heavy atom. The molecule has 0 N–H and O–H groups in total. The minimum atomic E-state index is -3.09. The molecule has 0 saturated heterocycles. The number of nitrogens with zero attached hydrogens (tertiary/aromatic N) is 1. The Morgan fingerprint density at radius 2 is 2.11 bits per heavy atom. The van der Waals surface area contributed by atoms with E-state index >= 15 is 0 Å². The molecule has 1 rings (SSSR count). The van der Waals surface area contributed by atoms with Gasteiger partial charge in [0.15, 0.2) is 0 Å². The SMILES string of the molecule is CCN(C(=O)c1cscc1Br)C(C)CS(C)(=O)=O. The Morgan fingerprint density at radius 3 is 2.50 bits per heavy atom. The summed E-state index contributed by atoms with van der Waals surface area (Å²) in [5, 5.41) is 3.60. The van der Waals surface area contributed by atoms with Gasteiger partial charge in [0.1, 0.15) is 9.84 Å². The molecule has 1 aromatic rings. The van der Waals surface area contributed by atoms with E-state index in [-0.39, 0.29) is 17.7 Å². The Kier molecular flexibility index (Phi) is 5.36. The lowest BCUT2D eigenvalue weighted by Crippen LogP contribution is -2.42. The second kappa shape index (κ2) is 6.16. The quantitative estimate of drug-likeness (QED) is 0.816. The van der Waals surface area contributed by atoms with Crippen LogP contribution in [0.5, 0.6) is 0 Å². The van der Waals surface area contributed by atoms with E-state index < -0.39 is 9.84 Å². The number of thiophene rings is 1. The molecule has 0 fully saturated rings. The summed E-state index contributed by atoms with van der Waals surface area (Å²) in [6.45, 7) is 4.08. The fourth-order valence-electron chi connectivity index (χ4n) is 1.77. The number of rotatable bonds is 5. The third-order valence-electron chi connectivity index (χ3n) is 2.52. The number of hydrogen-bond acceptors (Lipinski definition) is 4.